The number of hydrogen-bond donors (Lipinski definition) is 3. The molecule has 4 N–H and O–H groups in total. The fourth-order valence-corrected chi connectivity index (χ4v) is 2.23. The molecule has 0 saturated carbocycles. The Labute approximate surface area is 98.9 Å². The number of rotatable bonds is 2. The van der Waals surface area contributed by atoms with E-state index < -0.39 is 10.0 Å². The largest absolute Gasteiger partial charge is 0.505 e. The first-order valence-electron chi connectivity index (χ1n) is 4.86. The fourth-order valence-electron chi connectivity index (χ4n) is 1.65. The fraction of sp³-hybridized carbons (Fsp3) is 0.0909. The van der Waals surface area contributed by atoms with Crippen molar-refractivity contribution in [1.82, 2.24) is 0 Å². The highest BCUT2D eigenvalue weighted by Crippen LogP contribution is 2.34. The summed E-state index contributed by atoms with van der Waals surface area (Å²) in [5.41, 5.74) is 6.25. The Bertz CT molecular complexity index is 680. The van der Waals surface area contributed by atoms with E-state index in [9.17, 15) is 13.5 Å². The molecule has 5 nitrogen and oxygen atoms in total. The van der Waals surface area contributed by atoms with Crippen LogP contribution in [0.3, 0.4) is 0 Å². The van der Waals surface area contributed by atoms with Crippen LogP contribution in [0.25, 0.3) is 10.8 Å². The molecule has 17 heavy (non-hydrogen) atoms. The Kier molecular flexibility index (Phi) is 2.59. The van der Waals surface area contributed by atoms with Gasteiger partial charge in [-0.2, -0.15) is 0 Å². The van der Waals surface area contributed by atoms with Gasteiger partial charge >= 0.3 is 0 Å². The van der Waals surface area contributed by atoms with E-state index in [-0.39, 0.29) is 11.4 Å². The van der Waals surface area contributed by atoms with Gasteiger partial charge in [0.2, 0.25) is 10.0 Å². The van der Waals surface area contributed by atoms with Gasteiger partial charge in [0.05, 0.1) is 17.6 Å². The lowest BCUT2D eigenvalue weighted by molar-refractivity contribution is 0.484. The molecule has 0 fully saturated rings. The first-order valence-corrected chi connectivity index (χ1v) is 6.75. The van der Waals surface area contributed by atoms with Crippen LogP contribution in [-0.4, -0.2) is 19.8 Å². The lowest BCUT2D eigenvalue weighted by atomic mass is 10.1. The topological polar surface area (TPSA) is 92.4 Å². The number of phenolic OH excluding ortho intramolecular Hbond substituents is 1. The van der Waals surface area contributed by atoms with Crippen LogP contribution >= 0.6 is 0 Å². The van der Waals surface area contributed by atoms with Gasteiger partial charge in [-0.3, -0.25) is 4.72 Å². The predicted octanol–water partition coefficient (Wildman–Crippen LogP) is 1.50. The molecular formula is C11H12N2O3S. The molecule has 0 heterocycles. The van der Waals surface area contributed by atoms with Crippen LogP contribution in [0.15, 0.2) is 30.3 Å². The van der Waals surface area contributed by atoms with E-state index in [2.05, 4.69) is 4.72 Å². The first kappa shape index (κ1) is 11.5. The molecule has 0 radical (unpaired) electrons. The van der Waals surface area contributed by atoms with E-state index in [0.717, 1.165) is 6.26 Å². The zero-order valence-corrected chi connectivity index (χ0v) is 9.95. The standard InChI is InChI=1S/C11H12N2O3S/c1-17(15,16)13-10-4-2-3-8-7(10)5-6-9(12)11(8)14/h2-6,13-14H,12H2,1H3. The van der Waals surface area contributed by atoms with Gasteiger partial charge in [-0.05, 0) is 18.2 Å². The van der Waals surface area contributed by atoms with Crippen molar-refractivity contribution in [2.45, 2.75) is 0 Å². The van der Waals surface area contributed by atoms with Gasteiger partial charge in [-0.25, -0.2) is 8.42 Å². The minimum atomic E-state index is -3.35. The molecule has 0 bridgehead atoms. The van der Waals surface area contributed by atoms with Crippen LogP contribution in [0.5, 0.6) is 5.75 Å². The van der Waals surface area contributed by atoms with Crippen molar-refractivity contribution < 1.29 is 13.5 Å². The summed E-state index contributed by atoms with van der Waals surface area (Å²) in [5, 5.41) is 10.9. The maximum absolute atomic E-state index is 11.2. The molecule has 0 aliphatic heterocycles. The van der Waals surface area contributed by atoms with Crippen molar-refractivity contribution in [2.75, 3.05) is 16.7 Å². The molecule has 0 aliphatic rings. The quantitative estimate of drug-likeness (QED) is 0.558. The van der Waals surface area contributed by atoms with E-state index >= 15 is 0 Å². The molecule has 0 amide bonds. The summed E-state index contributed by atoms with van der Waals surface area (Å²) in [6.07, 6.45) is 1.07. The average molecular weight is 252 g/mol. The van der Waals surface area contributed by atoms with Gasteiger partial charge in [0, 0.05) is 10.8 Å². The van der Waals surface area contributed by atoms with E-state index in [1.807, 2.05) is 0 Å². The number of aromatic hydroxyl groups is 1. The van der Waals surface area contributed by atoms with Crippen molar-refractivity contribution in [2.24, 2.45) is 0 Å². The highest BCUT2D eigenvalue weighted by molar-refractivity contribution is 7.92. The van der Waals surface area contributed by atoms with Crippen LogP contribution in [0.1, 0.15) is 0 Å². The van der Waals surface area contributed by atoms with Crippen molar-refractivity contribution in [3.8, 4) is 5.75 Å². The number of nitrogens with one attached hydrogen (secondary N) is 1. The summed E-state index contributed by atoms with van der Waals surface area (Å²) in [5.74, 6) is -0.0420. The van der Waals surface area contributed by atoms with Gasteiger partial charge in [0.1, 0.15) is 5.75 Å². The van der Waals surface area contributed by atoms with E-state index in [0.29, 0.717) is 16.5 Å². The van der Waals surface area contributed by atoms with Crippen LogP contribution in [0, 0.1) is 0 Å². The normalized spacial score (nSPS) is 11.6. The summed E-state index contributed by atoms with van der Waals surface area (Å²) < 4.78 is 24.8. The zero-order valence-electron chi connectivity index (χ0n) is 9.14. The molecule has 0 unspecified atom stereocenters. The van der Waals surface area contributed by atoms with Gasteiger partial charge in [-0.15, -0.1) is 0 Å². The summed E-state index contributed by atoms with van der Waals surface area (Å²) in [6, 6.07) is 8.14. The molecule has 0 aromatic heterocycles. The van der Waals surface area contributed by atoms with Crippen LogP contribution < -0.4 is 10.5 Å². The second-order valence-electron chi connectivity index (χ2n) is 3.78. The van der Waals surface area contributed by atoms with Crippen molar-refractivity contribution in [3.05, 3.63) is 30.3 Å². The number of anilines is 2. The number of benzene rings is 2. The second kappa shape index (κ2) is 3.81. The van der Waals surface area contributed by atoms with E-state index in [1.165, 1.54) is 6.07 Å². The molecule has 2 aromatic rings. The van der Waals surface area contributed by atoms with Gasteiger partial charge in [0.15, 0.2) is 0 Å². The molecule has 2 aromatic carbocycles. The number of sulfonamides is 1. The lowest BCUT2D eigenvalue weighted by Gasteiger charge is -2.10. The van der Waals surface area contributed by atoms with Crippen LogP contribution in [0.2, 0.25) is 0 Å². The predicted molar refractivity (Wildman–Crippen MR) is 68.5 cm³/mol. The summed E-state index contributed by atoms with van der Waals surface area (Å²) in [6.45, 7) is 0. The van der Waals surface area contributed by atoms with E-state index in [1.54, 1.807) is 24.3 Å². The Hall–Kier alpha value is -1.95. The number of phenols is 1. The molecular weight excluding hydrogens is 240 g/mol. The Morgan fingerprint density at radius 1 is 1.18 bits per heavy atom. The second-order valence-corrected chi connectivity index (χ2v) is 5.53. The van der Waals surface area contributed by atoms with Crippen molar-refractivity contribution in [3.63, 3.8) is 0 Å². The van der Waals surface area contributed by atoms with Crippen LogP contribution in [0.4, 0.5) is 11.4 Å². The summed E-state index contributed by atoms with van der Waals surface area (Å²) in [4.78, 5) is 0. The third-order valence-electron chi connectivity index (χ3n) is 2.36. The minimum Gasteiger partial charge on any atom is -0.505 e. The van der Waals surface area contributed by atoms with E-state index in [4.69, 9.17) is 5.73 Å². The highest BCUT2D eigenvalue weighted by Gasteiger charge is 2.09. The molecule has 6 heteroatoms. The monoisotopic (exact) mass is 252 g/mol. The summed E-state index contributed by atoms with van der Waals surface area (Å²) >= 11 is 0. The average Bonchev–Trinajstić information content (AvgIpc) is 2.22. The van der Waals surface area contributed by atoms with Crippen molar-refractivity contribution in [1.29, 1.82) is 0 Å². The maximum atomic E-state index is 11.2. The Morgan fingerprint density at radius 2 is 1.88 bits per heavy atom. The zero-order chi connectivity index (χ0) is 12.6. The summed E-state index contributed by atoms with van der Waals surface area (Å²) in [7, 11) is -3.35. The number of fused-ring (bicyclic) bond motifs is 1. The first-order chi connectivity index (χ1) is 7.88. The third kappa shape index (κ3) is 2.26. The minimum absolute atomic E-state index is 0.0420. The molecule has 0 spiro atoms. The smallest absolute Gasteiger partial charge is 0.229 e. The molecule has 0 atom stereocenters. The number of hydrogen-bond acceptors (Lipinski definition) is 4. The highest BCUT2D eigenvalue weighted by atomic mass is 32.2. The third-order valence-corrected chi connectivity index (χ3v) is 2.95. The van der Waals surface area contributed by atoms with Crippen LogP contribution in [-0.2, 0) is 10.0 Å². The molecule has 0 saturated heterocycles. The van der Waals surface area contributed by atoms with Gasteiger partial charge < -0.3 is 10.8 Å². The lowest BCUT2D eigenvalue weighted by Crippen LogP contribution is -2.09. The number of nitrogens with two attached hydrogens (primary N) is 1. The SMILES string of the molecule is CS(=O)(=O)Nc1cccc2c(O)c(N)ccc12. The maximum Gasteiger partial charge on any atom is 0.229 e. The number of nitrogen functional groups attached to an aromatic ring is 1. The molecule has 0 aliphatic carbocycles. The Morgan fingerprint density at radius 3 is 2.53 bits per heavy atom. The van der Waals surface area contributed by atoms with Crippen molar-refractivity contribution >= 4 is 32.2 Å². The van der Waals surface area contributed by atoms with Gasteiger partial charge in [-0.1, -0.05) is 12.1 Å². The Balaban J connectivity index is 2.71. The molecule has 2 rings (SSSR count). The van der Waals surface area contributed by atoms with Gasteiger partial charge in [0.25, 0.3) is 0 Å². The molecule has 90 valence electrons.